The fourth-order valence-electron chi connectivity index (χ4n) is 4.16. The quantitative estimate of drug-likeness (QED) is 0.439. The number of pyridine rings is 1. The van der Waals surface area contributed by atoms with Gasteiger partial charge in [-0.3, -0.25) is 4.79 Å². The third-order valence-electron chi connectivity index (χ3n) is 6.28. The average molecular weight is 497 g/mol. The fourth-order valence-corrected chi connectivity index (χ4v) is 4.95. The number of anilines is 1. The molecule has 8 nitrogen and oxygen atoms in total. The summed E-state index contributed by atoms with van der Waals surface area (Å²) < 4.78 is 11.4. The molecule has 3 aromatic rings. The summed E-state index contributed by atoms with van der Waals surface area (Å²) in [6.07, 6.45) is 2.00. The van der Waals surface area contributed by atoms with E-state index in [1.54, 1.807) is 19.4 Å². The summed E-state index contributed by atoms with van der Waals surface area (Å²) in [5.41, 5.74) is 3.39. The van der Waals surface area contributed by atoms with Crippen LogP contribution in [0.3, 0.4) is 0 Å². The summed E-state index contributed by atoms with van der Waals surface area (Å²) in [7, 11) is 5.38. The Bertz CT molecular complexity index is 1170. The van der Waals surface area contributed by atoms with Gasteiger partial charge in [-0.25, -0.2) is 4.98 Å². The SMILES string of the molecule is CNCC[C@@](O)(Oc1ccc(CN2CCN(C)c3cc(OC)ncc3C2=O)c(C)c1)c1cccs1. The average Bonchev–Trinajstić information content (AvgIpc) is 3.38. The smallest absolute Gasteiger partial charge is 0.257 e. The van der Waals surface area contributed by atoms with Gasteiger partial charge >= 0.3 is 0 Å². The lowest BCUT2D eigenvalue weighted by molar-refractivity contribution is -0.147. The summed E-state index contributed by atoms with van der Waals surface area (Å²) in [5, 5.41) is 16.3. The molecular weight excluding hydrogens is 464 g/mol. The lowest BCUT2D eigenvalue weighted by Crippen LogP contribution is -2.35. The Morgan fingerprint density at radius 1 is 1.26 bits per heavy atom. The van der Waals surface area contributed by atoms with Gasteiger partial charge in [-0.15, -0.1) is 11.3 Å². The highest BCUT2D eigenvalue weighted by Gasteiger charge is 2.33. The summed E-state index contributed by atoms with van der Waals surface area (Å²) in [4.78, 5) is 22.2. The van der Waals surface area contributed by atoms with Crippen molar-refractivity contribution in [3.63, 3.8) is 0 Å². The summed E-state index contributed by atoms with van der Waals surface area (Å²) in [6, 6.07) is 11.3. The van der Waals surface area contributed by atoms with Gasteiger partial charge in [0.1, 0.15) is 5.75 Å². The van der Waals surface area contributed by atoms with Crippen LogP contribution in [-0.4, -0.2) is 61.7 Å². The van der Waals surface area contributed by atoms with E-state index in [1.807, 2.05) is 61.6 Å². The monoisotopic (exact) mass is 496 g/mol. The molecule has 0 saturated heterocycles. The van der Waals surface area contributed by atoms with E-state index in [4.69, 9.17) is 9.47 Å². The minimum absolute atomic E-state index is 0.0571. The van der Waals surface area contributed by atoms with Crippen LogP contribution in [0, 0.1) is 6.92 Å². The first-order valence-corrected chi connectivity index (χ1v) is 12.5. The number of aromatic nitrogens is 1. The number of ether oxygens (including phenoxy) is 2. The number of methoxy groups -OCH3 is 1. The first-order chi connectivity index (χ1) is 16.8. The van der Waals surface area contributed by atoms with Gasteiger partial charge < -0.3 is 29.7 Å². The molecule has 0 spiro atoms. The van der Waals surface area contributed by atoms with Crippen LogP contribution >= 0.6 is 11.3 Å². The van der Waals surface area contributed by atoms with Crippen molar-refractivity contribution in [2.24, 2.45) is 0 Å². The molecule has 0 saturated carbocycles. The largest absolute Gasteiger partial charge is 0.481 e. The number of hydrogen-bond donors (Lipinski definition) is 2. The van der Waals surface area contributed by atoms with E-state index in [2.05, 4.69) is 15.2 Å². The molecule has 0 fully saturated rings. The maximum atomic E-state index is 13.3. The topological polar surface area (TPSA) is 87.2 Å². The lowest BCUT2D eigenvalue weighted by Gasteiger charge is -2.29. The van der Waals surface area contributed by atoms with Crippen LogP contribution in [-0.2, 0) is 12.3 Å². The van der Waals surface area contributed by atoms with Crippen molar-refractivity contribution in [1.82, 2.24) is 15.2 Å². The number of thiophene rings is 1. The number of amides is 1. The number of aryl methyl sites for hydroxylation is 1. The Kier molecular flexibility index (Phi) is 7.59. The summed E-state index contributed by atoms with van der Waals surface area (Å²) in [5.74, 6) is -0.394. The van der Waals surface area contributed by atoms with Crippen LogP contribution in [0.1, 0.15) is 32.8 Å². The van der Waals surface area contributed by atoms with Crippen LogP contribution in [0.15, 0.2) is 48.0 Å². The first kappa shape index (κ1) is 25.0. The summed E-state index contributed by atoms with van der Waals surface area (Å²) in [6.45, 7) is 4.37. The Balaban J connectivity index is 1.53. The molecule has 4 rings (SSSR count). The predicted octanol–water partition coefficient (Wildman–Crippen LogP) is 3.39. The minimum Gasteiger partial charge on any atom is -0.481 e. The van der Waals surface area contributed by atoms with E-state index in [0.29, 0.717) is 49.8 Å². The molecule has 0 aliphatic carbocycles. The zero-order valence-corrected chi connectivity index (χ0v) is 21.4. The molecule has 1 atom stereocenters. The molecule has 1 aliphatic heterocycles. The first-order valence-electron chi connectivity index (χ1n) is 11.6. The molecule has 2 N–H and O–H groups in total. The second-order valence-corrected chi connectivity index (χ2v) is 9.65. The molecule has 3 heterocycles. The Morgan fingerprint density at radius 2 is 2.09 bits per heavy atom. The van der Waals surface area contributed by atoms with E-state index in [-0.39, 0.29) is 5.91 Å². The van der Waals surface area contributed by atoms with Gasteiger partial charge in [0.2, 0.25) is 11.7 Å². The molecule has 0 bridgehead atoms. The van der Waals surface area contributed by atoms with Crippen molar-refractivity contribution < 1.29 is 19.4 Å². The van der Waals surface area contributed by atoms with Crippen LogP contribution in [0.2, 0.25) is 0 Å². The highest BCUT2D eigenvalue weighted by molar-refractivity contribution is 7.10. The van der Waals surface area contributed by atoms with Crippen LogP contribution in [0.25, 0.3) is 0 Å². The van der Waals surface area contributed by atoms with Gasteiger partial charge in [-0.05, 0) is 48.7 Å². The zero-order chi connectivity index (χ0) is 25.0. The Morgan fingerprint density at radius 3 is 2.77 bits per heavy atom. The van der Waals surface area contributed by atoms with Gasteiger partial charge in [0.15, 0.2) is 0 Å². The van der Waals surface area contributed by atoms with Crippen molar-refractivity contribution in [2.45, 2.75) is 25.7 Å². The Hall–Kier alpha value is -3.14. The van der Waals surface area contributed by atoms with E-state index in [9.17, 15) is 9.90 Å². The van der Waals surface area contributed by atoms with Crippen LogP contribution in [0.5, 0.6) is 11.6 Å². The van der Waals surface area contributed by atoms with Crippen molar-refractivity contribution in [1.29, 1.82) is 0 Å². The molecule has 9 heteroatoms. The highest BCUT2D eigenvalue weighted by atomic mass is 32.1. The van der Waals surface area contributed by atoms with E-state index in [0.717, 1.165) is 21.7 Å². The summed E-state index contributed by atoms with van der Waals surface area (Å²) >= 11 is 1.47. The number of nitrogens with one attached hydrogen (secondary N) is 1. The van der Waals surface area contributed by atoms with E-state index in [1.165, 1.54) is 11.3 Å². The third-order valence-corrected chi connectivity index (χ3v) is 7.28. The van der Waals surface area contributed by atoms with Gasteiger partial charge in [-0.2, -0.15) is 0 Å². The second-order valence-electron chi connectivity index (χ2n) is 8.70. The molecule has 2 aromatic heterocycles. The zero-order valence-electron chi connectivity index (χ0n) is 20.6. The Labute approximate surface area is 210 Å². The van der Waals surface area contributed by atoms with Crippen LogP contribution in [0.4, 0.5) is 5.69 Å². The van der Waals surface area contributed by atoms with Gasteiger partial charge in [0.05, 0.1) is 23.2 Å². The number of aliphatic hydroxyl groups is 1. The number of hydrogen-bond acceptors (Lipinski definition) is 8. The number of likely N-dealkylation sites (N-methyl/N-ethyl adjacent to an activating group) is 1. The minimum atomic E-state index is -1.41. The number of carbonyl (C=O) groups excluding carboxylic acids is 1. The van der Waals surface area contributed by atoms with Crippen molar-refractivity contribution in [3.8, 4) is 11.6 Å². The van der Waals surface area contributed by atoms with Crippen molar-refractivity contribution in [3.05, 3.63) is 69.5 Å². The lowest BCUT2D eigenvalue weighted by atomic mass is 10.1. The van der Waals surface area contributed by atoms with E-state index < -0.39 is 5.79 Å². The standard InChI is InChI=1S/C26H32N4O4S/c1-18-14-20(34-26(32,9-10-27-2)23-6-5-13-35-23)8-7-19(18)17-30-12-11-29(3)22-15-24(33-4)28-16-21(22)25(30)31/h5-8,13-16,27,32H,9-12,17H2,1-4H3/t26-/m1/s1. The van der Waals surface area contributed by atoms with Gasteiger partial charge in [-0.1, -0.05) is 12.1 Å². The van der Waals surface area contributed by atoms with Gasteiger partial charge in [0, 0.05) is 51.9 Å². The molecule has 0 radical (unpaired) electrons. The molecule has 1 aromatic carbocycles. The van der Waals surface area contributed by atoms with Gasteiger partial charge in [0.25, 0.3) is 5.91 Å². The number of nitrogens with zero attached hydrogens (tertiary/aromatic N) is 3. The predicted molar refractivity (Wildman–Crippen MR) is 137 cm³/mol. The molecular formula is C26H32N4O4S. The fraction of sp³-hybridized carbons (Fsp3) is 0.385. The molecule has 1 amide bonds. The number of rotatable bonds is 9. The van der Waals surface area contributed by atoms with E-state index >= 15 is 0 Å². The molecule has 0 unspecified atom stereocenters. The van der Waals surface area contributed by atoms with Crippen LogP contribution < -0.4 is 19.7 Å². The van der Waals surface area contributed by atoms with Crippen molar-refractivity contribution in [2.75, 3.05) is 45.7 Å². The third kappa shape index (κ3) is 5.42. The molecule has 35 heavy (non-hydrogen) atoms. The maximum Gasteiger partial charge on any atom is 0.257 e. The second kappa shape index (κ2) is 10.6. The maximum absolute atomic E-state index is 13.3. The molecule has 186 valence electrons. The number of carbonyl (C=O) groups is 1. The molecule has 1 aliphatic rings. The number of benzene rings is 1. The highest BCUT2D eigenvalue weighted by Crippen LogP contribution is 2.33. The normalized spacial score (nSPS) is 15.4. The van der Waals surface area contributed by atoms with Crippen molar-refractivity contribution >= 4 is 22.9 Å². The number of fused-ring (bicyclic) bond motifs is 1.